The van der Waals surface area contributed by atoms with Gasteiger partial charge in [-0.25, -0.2) is 0 Å². The van der Waals surface area contributed by atoms with E-state index in [1.54, 1.807) is 0 Å². The van der Waals surface area contributed by atoms with Gasteiger partial charge in [-0.3, -0.25) is 9.59 Å². The highest BCUT2D eigenvalue weighted by atomic mass is 16.2. The van der Waals surface area contributed by atoms with Gasteiger partial charge >= 0.3 is 0 Å². The van der Waals surface area contributed by atoms with Crippen molar-refractivity contribution in [2.24, 2.45) is 5.92 Å². The summed E-state index contributed by atoms with van der Waals surface area (Å²) in [6.45, 7) is 8.47. The third-order valence-electron chi connectivity index (χ3n) is 5.99. The van der Waals surface area contributed by atoms with Gasteiger partial charge in [-0.1, -0.05) is 50.1 Å². The molecule has 0 bridgehead atoms. The van der Waals surface area contributed by atoms with Crippen LogP contribution in [0.25, 0.3) is 0 Å². The predicted octanol–water partition coefficient (Wildman–Crippen LogP) is 4.70. The van der Waals surface area contributed by atoms with E-state index in [0.717, 1.165) is 44.3 Å². The highest BCUT2D eigenvalue weighted by molar-refractivity contribution is 5.87. The van der Waals surface area contributed by atoms with E-state index < -0.39 is 0 Å². The minimum atomic E-state index is 0.0351. The number of benzene rings is 1. The first-order valence-corrected chi connectivity index (χ1v) is 11.8. The van der Waals surface area contributed by atoms with E-state index in [1.165, 1.54) is 5.56 Å². The molecule has 2 aromatic rings. The molecular formula is C26H37N3O2. The van der Waals surface area contributed by atoms with Crippen LogP contribution < -0.4 is 0 Å². The number of rotatable bonds is 12. The average Bonchev–Trinajstić information content (AvgIpc) is 3.52. The number of hydrogen-bond donors (Lipinski definition) is 0. The molecule has 1 saturated carbocycles. The number of carbonyl (C=O) groups is 2. The fourth-order valence-electron chi connectivity index (χ4n) is 3.92. The summed E-state index contributed by atoms with van der Waals surface area (Å²) >= 11 is 0. The number of unbranched alkanes of at least 4 members (excludes halogenated alkanes) is 2. The van der Waals surface area contributed by atoms with Crippen molar-refractivity contribution in [1.29, 1.82) is 0 Å². The maximum atomic E-state index is 13.3. The second kappa shape index (κ2) is 11.2. The van der Waals surface area contributed by atoms with Crippen molar-refractivity contribution in [3.05, 3.63) is 59.9 Å². The van der Waals surface area contributed by atoms with Gasteiger partial charge < -0.3 is 14.4 Å². The Morgan fingerprint density at radius 1 is 1.06 bits per heavy atom. The Balaban J connectivity index is 1.67. The Hall–Kier alpha value is -2.56. The zero-order chi connectivity index (χ0) is 22.2. The van der Waals surface area contributed by atoms with Crippen molar-refractivity contribution in [1.82, 2.24) is 14.4 Å². The van der Waals surface area contributed by atoms with Crippen LogP contribution in [0.5, 0.6) is 0 Å². The van der Waals surface area contributed by atoms with Gasteiger partial charge in [0.2, 0.25) is 11.8 Å². The second-order valence-corrected chi connectivity index (χ2v) is 8.97. The summed E-state index contributed by atoms with van der Waals surface area (Å²) in [4.78, 5) is 29.8. The molecule has 1 aromatic carbocycles. The Morgan fingerprint density at radius 2 is 1.81 bits per heavy atom. The maximum Gasteiger partial charge on any atom is 0.242 e. The van der Waals surface area contributed by atoms with Crippen LogP contribution in [0.1, 0.15) is 64.1 Å². The molecule has 168 valence electrons. The lowest BCUT2D eigenvalue weighted by molar-refractivity contribution is -0.142. The van der Waals surface area contributed by atoms with Gasteiger partial charge in [0.05, 0.1) is 13.1 Å². The van der Waals surface area contributed by atoms with Crippen LogP contribution in [0.15, 0.2) is 48.7 Å². The topological polar surface area (TPSA) is 45.6 Å². The molecule has 1 heterocycles. The van der Waals surface area contributed by atoms with Crippen LogP contribution in [-0.2, 0) is 22.7 Å². The largest absolute Gasteiger partial charge is 0.345 e. The fourth-order valence-corrected chi connectivity index (χ4v) is 3.92. The molecule has 1 fully saturated rings. The molecular weight excluding hydrogens is 386 g/mol. The minimum absolute atomic E-state index is 0.0351. The van der Waals surface area contributed by atoms with E-state index in [1.807, 2.05) is 47.9 Å². The summed E-state index contributed by atoms with van der Waals surface area (Å²) in [6.07, 6.45) is 7.17. The fraction of sp³-hybridized carbons (Fsp3) is 0.538. The summed E-state index contributed by atoms with van der Waals surface area (Å²) in [6, 6.07) is 14.5. The van der Waals surface area contributed by atoms with Crippen molar-refractivity contribution in [2.45, 2.75) is 72.0 Å². The average molecular weight is 424 g/mol. The van der Waals surface area contributed by atoms with E-state index in [9.17, 15) is 9.59 Å². The van der Waals surface area contributed by atoms with E-state index in [2.05, 4.69) is 35.9 Å². The van der Waals surface area contributed by atoms with E-state index in [-0.39, 0.29) is 30.3 Å². The molecule has 1 aliphatic carbocycles. The lowest BCUT2D eigenvalue weighted by atomic mass is 10.2. The SMILES string of the molecule is CCCCCN(CC(=O)N(Cc1cccn1Cc1ccccc1)C(C)C)C(=O)C1CC1. The normalized spacial score (nSPS) is 13.4. The molecule has 0 N–H and O–H groups in total. The molecule has 0 spiro atoms. The summed E-state index contributed by atoms with van der Waals surface area (Å²) in [5, 5.41) is 0. The molecule has 0 radical (unpaired) electrons. The molecule has 1 aliphatic rings. The van der Waals surface area contributed by atoms with Gasteiger partial charge in [0.15, 0.2) is 0 Å². The number of carbonyl (C=O) groups excluding carboxylic acids is 2. The van der Waals surface area contributed by atoms with Crippen molar-refractivity contribution in [2.75, 3.05) is 13.1 Å². The first kappa shape index (κ1) is 23.1. The van der Waals surface area contributed by atoms with Crippen LogP contribution >= 0.6 is 0 Å². The van der Waals surface area contributed by atoms with Crippen LogP contribution in [0, 0.1) is 5.92 Å². The van der Waals surface area contributed by atoms with Crippen LogP contribution in [-0.4, -0.2) is 45.3 Å². The smallest absolute Gasteiger partial charge is 0.242 e. The Kier molecular flexibility index (Phi) is 8.33. The van der Waals surface area contributed by atoms with Crippen LogP contribution in [0.4, 0.5) is 0 Å². The standard InChI is InChI=1S/C26H37N3O2/c1-4-5-9-16-28(26(31)23-14-15-23)20-25(30)29(21(2)3)19-24-13-10-17-27(24)18-22-11-7-6-8-12-22/h6-8,10-13,17,21,23H,4-5,9,14-16,18-20H2,1-3H3. The third kappa shape index (κ3) is 6.71. The number of hydrogen-bond acceptors (Lipinski definition) is 2. The Bertz CT molecular complexity index is 839. The molecule has 0 unspecified atom stereocenters. The molecule has 31 heavy (non-hydrogen) atoms. The van der Waals surface area contributed by atoms with Crippen molar-refractivity contribution < 1.29 is 9.59 Å². The Labute approximate surface area is 187 Å². The highest BCUT2D eigenvalue weighted by Crippen LogP contribution is 2.31. The van der Waals surface area contributed by atoms with Gasteiger partial charge in [-0.05, 0) is 50.8 Å². The zero-order valence-corrected chi connectivity index (χ0v) is 19.3. The van der Waals surface area contributed by atoms with Gasteiger partial charge in [-0.15, -0.1) is 0 Å². The van der Waals surface area contributed by atoms with Crippen molar-refractivity contribution in [3.8, 4) is 0 Å². The number of nitrogens with zero attached hydrogens (tertiary/aromatic N) is 3. The summed E-state index contributed by atoms with van der Waals surface area (Å²) in [5.74, 6) is 0.346. The third-order valence-corrected chi connectivity index (χ3v) is 5.99. The first-order chi connectivity index (χ1) is 15.0. The molecule has 1 aromatic heterocycles. The van der Waals surface area contributed by atoms with Gasteiger partial charge in [-0.2, -0.15) is 0 Å². The van der Waals surface area contributed by atoms with Crippen molar-refractivity contribution >= 4 is 11.8 Å². The lowest BCUT2D eigenvalue weighted by Crippen LogP contribution is -2.46. The molecule has 0 aliphatic heterocycles. The summed E-state index contributed by atoms with van der Waals surface area (Å²) < 4.78 is 2.20. The molecule has 2 amide bonds. The molecule has 0 atom stereocenters. The lowest BCUT2D eigenvalue weighted by Gasteiger charge is -2.31. The highest BCUT2D eigenvalue weighted by Gasteiger charge is 2.34. The van der Waals surface area contributed by atoms with E-state index in [4.69, 9.17) is 0 Å². The minimum Gasteiger partial charge on any atom is -0.345 e. The maximum absolute atomic E-state index is 13.3. The van der Waals surface area contributed by atoms with Gasteiger partial charge in [0, 0.05) is 36.9 Å². The van der Waals surface area contributed by atoms with Gasteiger partial charge in [0.1, 0.15) is 0 Å². The second-order valence-electron chi connectivity index (χ2n) is 8.97. The van der Waals surface area contributed by atoms with Crippen LogP contribution in [0.3, 0.4) is 0 Å². The molecule has 3 rings (SSSR count). The monoisotopic (exact) mass is 423 g/mol. The number of aromatic nitrogens is 1. The molecule has 5 heteroatoms. The van der Waals surface area contributed by atoms with Crippen molar-refractivity contribution in [3.63, 3.8) is 0 Å². The van der Waals surface area contributed by atoms with Crippen LogP contribution in [0.2, 0.25) is 0 Å². The van der Waals surface area contributed by atoms with Gasteiger partial charge in [0.25, 0.3) is 0 Å². The quantitative estimate of drug-likeness (QED) is 0.465. The van der Waals surface area contributed by atoms with E-state index >= 15 is 0 Å². The Morgan fingerprint density at radius 3 is 2.45 bits per heavy atom. The summed E-state index contributed by atoms with van der Waals surface area (Å²) in [5.41, 5.74) is 2.34. The van der Waals surface area contributed by atoms with E-state index in [0.29, 0.717) is 13.1 Å². The summed E-state index contributed by atoms with van der Waals surface area (Å²) in [7, 11) is 0. The molecule has 0 saturated heterocycles. The zero-order valence-electron chi connectivity index (χ0n) is 19.3. The number of amides is 2. The first-order valence-electron chi connectivity index (χ1n) is 11.8. The predicted molar refractivity (Wildman–Crippen MR) is 124 cm³/mol. The molecule has 5 nitrogen and oxygen atoms in total.